The number of rotatable bonds is 5. The van der Waals surface area contributed by atoms with E-state index >= 15 is 0 Å². The molecule has 2 atom stereocenters. The molecule has 0 bridgehead atoms. The van der Waals surface area contributed by atoms with Crippen molar-refractivity contribution in [1.82, 2.24) is 10.2 Å². The Morgan fingerprint density at radius 1 is 1.19 bits per heavy atom. The molecule has 5 heteroatoms. The van der Waals surface area contributed by atoms with Crippen molar-refractivity contribution in [3.05, 3.63) is 48.0 Å². The first-order chi connectivity index (χ1) is 12.5. The number of nitrogens with one attached hydrogen (secondary N) is 1. The highest BCUT2D eigenvalue weighted by atomic mass is 16.2. The molecule has 3 N–H and O–H groups in total. The second-order valence-corrected chi connectivity index (χ2v) is 7.30. The highest BCUT2D eigenvalue weighted by Crippen LogP contribution is 2.35. The van der Waals surface area contributed by atoms with Crippen molar-refractivity contribution in [2.45, 2.75) is 38.8 Å². The minimum absolute atomic E-state index is 0.000515. The molecule has 1 heterocycles. The molecule has 1 saturated heterocycles. The van der Waals surface area contributed by atoms with Crippen LogP contribution in [-0.2, 0) is 9.59 Å². The van der Waals surface area contributed by atoms with Crippen molar-refractivity contribution in [2.75, 3.05) is 13.1 Å². The molecule has 5 nitrogen and oxygen atoms in total. The predicted octanol–water partition coefficient (Wildman–Crippen LogP) is 2.60. The summed E-state index contributed by atoms with van der Waals surface area (Å²) in [5.41, 5.74) is 7.02. The van der Waals surface area contributed by atoms with E-state index in [1.165, 1.54) is 16.3 Å². The Kier molecular flexibility index (Phi) is 5.57. The number of carbonyl (C=O) groups is 2. The van der Waals surface area contributed by atoms with Gasteiger partial charge in [0, 0.05) is 6.54 Å². The van der Waals surface area contributed by atoms with Gasteiger partial charge in [-0.3, -0.25) is 9.59 Å². The van der Waals surface area contributed by atoms with Gasteiger partial charge in [-0.25, -0.2) is 0 Å². The van der Waals surface area contributed by atoms with Crippen LogP contribution in [0.5, 0.6) is 0 Å². The molecule has 1 aliphatic rings. The maximum absolute atomic E-state index is 12.7. The summed E-state index contributed by atoms with van der Waals surface area (Å²) in [6.07, 6.45) is 1.91. The SMILES string of the molecule is CC(C)[C@H](N)C(=O)NCC(=O)N1CCCC1c1cccc2ccccc12. The number of fused-ring (bicyclic) bond motifs is 1. The van der Waals surface area contributed by atoms with E-state index in [-0.39, 0.29) is 30.3 Å². The van der Waals surface area contributed by atoms with Crippen LogP contribution in [0.2, 0.25) is 0 Å². The van der Waals surface area contributed by atoms with Crippen LogP contribution in [0.15, 0.2) is 42.5 Å². The molecular weight excluding hydrogens is 326 g/mol. The number of benzene rings is 2. The third kappa shape index (κ3) is 3.73. The first-order valence-electron chi connectivity index (χ1n) is 9.29. The van der Waals surface area contributed by atoms with E-state index in [0.717, 1.165) is 19.4 Å². The van der Waals surface area contributed by atoms with Crippen LogP contribution < -0.4 is 11.1 Å². The van der Waals surface area contributed by atoms with Gasteiger partial charge in [0.1, 0.15) is 0 Å². The van der Waals surface area contributed by atoms with Gasteiger partial charge in [-0.1, -0.05) is 56.3 Å². The monoisotopic (exact) mass is 353 g/mol. The average molecular weight is 353 g/mol. The number of nitrogens with zero attached hydrogens (tertiary/aromatic N) is 1. The van der Waals surface area contributed by atoms with Crippen LogP contribution >= 0.6 is 0 Å². The van der Waals surface area contributed by atoms with E-state index in [4.69, 9.17) is 5.73 Å². The van der Waals surface area contributed by atoms with Crippen LogP contribution in [0.3, 0.4) is 0 Å². The summed E-state index contributed by atoms with van der Waals surface area (Å²) in [4.78, 5) is 26.6. The zero-order valence-electron chi connectivity index (χ0n) is 15.4. The molecule has 1 aliphatic heterocycles. The topological polar surface area (TPSA) is 75.4 Å². The van der Waals surface area contributed by atoms with Gasteiger partial charge >= 0.3 is 0 Å². The Balaban J connectivity index is 1.74. The lowest BCUT2D eigenvalue weighted by molar-refractivity contribution is -0.134. The molecule has 1 unspecified atom stereocenters. The summed E-state index contributed by atoms with van der Waals surface area (Å²) in [5, 5.41) is 5.06. The lowest BCUT2D eigenvalue weighted by Crippen LogP contribution is -2.47. The Hall–Kier alpha value is -2.40. The molecule has 3 rings (SSSR count). The van der Waals surface area contributed by atoms with Crippen molar-refractivity contribution < 1.29 is 9.59 Å². The first-order valence-corrected chi connectivity index (χ1v) is 9.29. The normalized spacial score (nSPS) is 18.3. The number of hydrogen-bond acceptors (Lipinski definition) is 3. The van der Waals surface area contributed by atoms with Crippen molar-refractivity contribution in [3.63, 3.8) is 0 Å². The zero-order valence-corrected chi connectivity index (χ0v) is 15.4. The Labute approximate surface area is 154 Å². The van der Waals surface area contributed by atoms with Gasteiger partial charge in [-0.2, -0.15) is 0 Å². The maximum atomic E-state index is 12.7. The van der Waals surface area contributed by atoms with Crippen LogP contribution in [0.1, 0.15) is 38.3 Å². The van der Waals surface area contributed by atoms with Crippen LogP contribution in [0.4, 0.5) is 0 Å². The summed E-state index contributed by atoms with van der Waals surface area (Å²) >= 11 is 0. The largest absolute Gasteiger partial charge is 0.346 e. The number of hydrogen-bond donors (Lipinski definition) is 2. The Morgan fingerprint density at radius 3 is 2.69 bits per heavy atom. The smallest absolute Gasteiger partial charge is 0.242 e. The molecule has 0 aliphatic carbocycles. The van der Waals surface area contributed by atoms with Gasteiger partial charge in [0.15, 0.2) is 0 Å². The fourth-order valence-electron chi connectivity index (χ4n) is 3.61. The van der Waals surface area contributed by atoms with E-state index in [0.29, 0.717) is 0 Å². The van der Waals surface area contributed by atoms with E-state index in [1.807, 2.05) is 36.9 Å². The van der Waals surface area contributed by atoms with Gasteiger partial charge in [0.2, 0.25) is 11.8 Å². The molecule has 1 fully saturated rings. The summed E-state index contributed by atoms with van der Waals surface area (Å²) in [5.74, 6) is -0.278. The Bertz CT molecular complexity index is 797. The van der Waals surface area contributed by atoms with Crippen molar-refractivity contribution >= 4 is 22.6 Å². The Morgan fingerprint density at radius 2 is 1.92 bits per heavy atom. The molecule has 0 radical (unpaired) electrons. The minimum Gasteiger partial charge on any atom is -0.346 e. The molecule has 0 spiro atoms. The molecule has 0 aromatic heterocycles. The fraction of sp³-hybridized carbons (Fsp3) is 0.429. The van der Waals surface area contributed by atoms with Gasteiger partial charge in [0.05, 0.1) is 18.6 Å². The number of amides is 2. The first kappa shape index (κ1) is 18.4. The van der Waals surface area contributed by atoms with E-state index in [9.17, 15) is 9.59 Å². The zero-order chi connectivity index (χ0) is 18.7. The third-order valence-electron chi connectivity index (χ3n) is 5.19. The summed E-state index contributed by atoms with van der Waals surface area (Å²) in [6, 6.07) is 14.0. The quantitative estimate of drug-likeness (QED) is 0.867. The molecule has 26 heavy (non-hydrogen) atoms. The fourth-order valence-corrected chi connectivity index (χ4v) is 3.61. The second kappa shape index (κ2) is 7.87. The standard InChI is InChI=1S/C21H27N3O2/c1-14(2)20(22)21(26)23-13-19(25)24-12-6-11-18(24)17-10-5-8-15-7-3-4-9-16(15)17/h3-5,7-10,14,18,20H,6,11-13,22H2,1-2H3,(H,23,26)/t18?,20-/m0/s1. The van der Waals surface area contributed by atoms with E-state index in [1.54, 1.807) is 0 Å². The minimum atomic E-state index is -0.588. The van der Waals surface area contributed by atoms with Crippen molar-refractivity contribution in [1.29, 1.82) is 0 Å². The highest BCUT2D eigenvalue weighted by Gasteiger charge is 2.31. The van der Waals surface area contributed by atoms with Gasteiger partial charge in [-0.15, -0.1) is 0 Å². The number of nitrogens with two attached hydrogens (primary N) is 1. The van der Waals surface area contributed by atoms with Crippen LogP contribution in [0.25, 0.3) is 10.8 Å². The lowest BCUT2D eigenvalue weighted by atomic mass is 9.97. The maximum Gasteiger partial charge on any atom is 0.242 e. The summed E-state index contributed by atoms with van der Waals surface area (Å²) in [7, 11) is 0. The van der Waals surface area contributed by atoms with Crippen molar-refractivity contribution in [3.8, 4) is 0 Å². The highest BCUT2D eigenvalue weighted by molar-refractivity contribution is 5.89. The van der Waals surface area contributed by atoms with Gasteiger partial charge in [0.25, 0.3) is 0 Å². The molecule has 0 saturated carbocycles. The summed E-state index contributed by atoms with van der Waals surface area (Å²) in [6.45, 7) is 4.51. The lowest BCUT2D eigenvalue weighted by Gasteiger charge is -2.26. The van der Waals surface area contributed by atoms with E-state index in [2.05, 4.69) is 29.6 Å². The molecule has 138 valence electrons. The van der Waals surface area contributed by atoms with Gasteiger partial charge < -0.3 is 16.0 Å². The molecular formula is C21H27N3O2. The predicted molar refractivity (Wildman–Crippen MR) is 103 cm³/mol. The van der Waals surface area contributed by atoms with E-state index < -0.39 is 6.04 Å². The van der Waals surface area contributed by atoms with Crippen LogP contribution in [0, 0.1) is 5.92 Å². The number of likely N-dealkylation sites (tertiary alicyclic amines) is 1. The van der Waals surface area contributed by atoms with Crippen molar-refractivity contribution in [2.24, 2.45) is 11.7 Å². The number of carbonyl (C=O) groups excluding carboxylic acids is 2. The second-order valence-electron chi connectivity index (χ2n) is 7.30. The molecule has 2 aromatic rings. The summed E-state index contributed by atoms with van der Waals surface area (Å²) < 4.78 is 0. The third-order valence-corrected chi connectivity index (χ3v) is 5.19. The average Bonchev–Trinajstić information content (AvgIpc) is 3.14. The van der Waals surface area contributed by atoms with Crippen LogP contribution in [-0.4, -0.2) is 35.8 Å². The molecule has 2 amide bonds. The molecule has 2 aromatic carbocycles. The van der Waals surface area contributed by atoms with Gasteiger partial charge in [-0.05, 0) is 35.1 Å².